The van der Waals surface area contributed by atoms with Gasteiger partial charge in [0, 0.05) is 25.9 Å². The van der Waals surface area contributed by atoms with Gasteiger partial charge < -0.3 is 10.2 Å². The van der Waals surface area contributed by atoms with E-state index in [1.807, 2.05) is 6.26 Å². The molecule has 1 rings (SSSR count). The van der Waals surface area contributed by atoms with Gasteiger partial charge in [-0.3, -0.25) is 0 Å². The summed E-state index contributed by atoms with van der Waals surface area (Å²) in [6, 6.07) is 2.76. The van der Waals surface area contributed by atoms with E-state index in [0.717, 1.165) is 5.75 Å². The fraction of sp³-hybridized carbons (Fsp3) is 0.500. The second-order valence-corrected chi connectivity index (χ2v) is 4.84. The number of thioether (sulfide) groups is 1. The number of nitrogens with one attached hydrogen (secondary N) is 1. The molecule has 0 unspecified atom stereocenters. The zero-order chi connectivity index (χ0) is 12.8. The molecule has 0 fully saturated rings. The van der Waals surface area contributed by atoms with Crippen molar-refractivity contribution in [3.63, 3.8) is 0 Å². The van der Waals surface area contributed by atoms with Crippen molar-refractivity contribution < 1.29 is 8.78 Å². The van der Waals surface area contributed by atoms with Crippen molar-refractivity contribution in [1.82, 2.24) is 5.32 Å². The van der Waals surface area contributed by atoms with Gasteiger partial charge in [0.2, 0.25) is 0 Å². The minimum Gasteiger partial charge on any atom is -0.369 e. The van der Waals surface area contributed by atoms with E-state index in [9.17, 15) is 8.78 Å². The van der Waals surface area contributed by atoms with Gasteiger partial charge in [-0.2, -0.15) is 11.8 Å². The standard InChI is InChI=1S/C12H18F2N2S/c1-15-8-9-6-10(13)12(11(14)7-9)16(2)4-5-17-3/h6-7,15H,4-5,8H2,1-3H3. The fourth-order valence-electron chi connectivity index (χ4n) is 1.63. The molecule has 0 heterocycles. The van der Waals surface area contributed by atoms with E-state index >= 15 is 0 Å². The third-order valence-corrected chi connectivity index (χ3v) is 3.06. The smallest absolute Gasteiger partial charge is 0.149 e. The van der Waals surface area contributed by atoms with E-state index < -0.39 is 11.6 Å². The second-order valence-electron chi connectivity index (χ2n) is 3.85. The molecule has 96 valence electrons. The Bertz CT molecular complexity index is 349. The van der Waals surface area contributed by atoms with E-state index in [-0.39, 0.29) is 5.69 Å². The van der Waals surface area contributed by atoms with Crippen LogP contribution in [0.4, 0.5) is 14.5 Å². The Labute approximate surface area is 105 Å². The Hall–Kier alpha value is -0.810. The van der Waals surface area contributed by atoms with Crippen molar-refractivity contribution in [2.24, 2.45) is 0 Å². The molecule has 0 spiro atoms. The molecule has 0 aromatic heterocycles. The van der Waals surface area contributed by atoms with E-state index in [0.29, 0.717) is 18.7 Å². The molecule has 1 aromatic carbocycles. The van der Waals surface area contributed by atoms with Crippen LogP contribution in [0.5, 0.6) is 0 Å². The summed E-state index contributed by atoms with van der Waals surface area (Å²) in [6.45, 7) is 1.09. The highest BCUT2D eigenvalue weighted by atomic mass is 32.2. The molecule has 5 heteroatoms. The van der Waals surface area contributed by atoms with Crippen molar-refractivity contribution >= 4 is 17.4 Å². The number of anilines is 1. The number of hydrogen-bond donors (Lipinski definition) is 1. The lowest BCUT2D eigenvalue weighted by molar-refractivity contribution is 0.573. The molecule has 0 aliphatic heterocycles. The van der Waals surface area contributed by atoms with Gasteiger partial charge in [-0.05, 0) is 31.0 Å². The summed E-state index contributed by atoms with van der Waals surface area (Å²) in [5.74, 6) is -0.161. The van der Waals surface area contributed by atoms with E-state index in [4.69, 9.17) is 0 Å². The van der Waals surface area contributed by atoms with Gasteiger partial charge in [0.25, 0.3) is 0 Å². The molecule has 0 amide bonds. The summed E-state index contributed by atoms with van der Waals surface area (Å²) in [4.78, 5) is 1.62. The Morgan fingerprint density at radius 1 is 1.29 bits per heavy atom. The summed E-state index contributed by atoms with van der Waals surface area (Å²) in [5.41, 5.74) is 0.670. The molecule has 17 heavy (non-hydrogen) atoms. The van der Waals surface area contributed by atoms with Gasteiger partial charge in [-0.25, -0.2) is 8.78 Å². The maximum Gasteiger partial charge on any atom is 0.149 e. The van der Waals surface area contributed by atoms with Gasteiger partial charge in [0.05, 0.1) is 0 Å². The van der Waals surface area contributed by atoms with Crippen LogP contribution in [0.3, 0.4) is 0 Å². The number of nitrogens with zero attached hydrogens (tertiary/aromatic N) is 1. The van der Waals surface area contributed by atoms with E-state index in [1.54, 1.807) is 30.8 Å². The summed E-state index contributed by atoms with van der Waals surface area (Å²) in [6.07, 6.45) is 1.97. The highest BCUT2D eigenvalue weighted by Crippen LogP contribution is 2.24. The minimum atomic E-state index is -0.501. The van der Waals surface area contributed by atoms with Crippen molar-refractivity contribution in [2.45, 2.75) is 6.54 Å². The number of benzene rings is 1. The lowest BCUT2D eigenvalue weighted by Gasteiger charge is -2.20. The van der Waals surface area contributed by atoms with Crippen molar-refractivity contribution in [3.8, 4) is 0 Å². The average molecular weight is 260 g/mol. The lowest BCUT2D eigenvalue weighted by atomic mass is 10.1. The van der Waals surface area contributed by atoms with Gasteiger partial charge in [-0.1, -0.05) is 0 Å². The maximum atomic E-state index is 13.8. The lowest BCUT2D eigenvalue weighted by Crippen LogP contribution is -2.23. The Balaban J connectivity index is 2.92. The van der Waals surface area contributed by atoms with E-state index in [1.165, 1.54) is 12.1 Å². The molecule has 0 saturated carbocycles. The molecule has 0 radical (unpaired) electrons. The van der Waals surface area contributed by atoms with Crippen LogP contribution in [0.15, 0.2) is 12.1 Å². The summed E-state index contributed by atoms with van der Waals surface area (Å²) in [7, 11) is 3.45. The molecular weight excluding hydrogens is 242 g/mol. The van der Waals surface area contributed by atoms with E-state index in [2.05, 4.69) is 5.32 Å². The Morgan fingerprint density at radius 2 is 1.88 bits per heavy atom. The first-order chi connectivity index (χ1) is 8.10. The van der Waals surface area contributed by atoms with Crippen LogP contribution in [0.2, 0.25) is 0 Å². The zero-order valence-corrected chi connectivity index (χ0v) is 11.2. The van der Waals surface area contributed by atoms with Gasteiger partial charge in [0.1, 0.15) is 17.3 Å². The Morgan fingerprint density at radius 3 is 2.35 bits per heavy atom. The monoisotopic (exact) mass is 260 g/mol. The van der Waals surface area contributed by atoms with Crippen molar-refractivity contribution in [2.75, 3.05) is 37.5 Å². The maximum absolute atomic E-state index is 13.8. The molecule has 1 N–H and O–H groups in total. The largest absolute Gasteiger partial charge is 0.369 e. The predicted molar refractivity (Wildman–Crippen MR) is 70.8 cm³/mol. The third-order valence-electron chi connectivity index (χ3n) is 2.47. The van der Waals surface area contributed by atoms with Gasteiger partial charge in [-0.15, -0.1) is 0 Å². The fourth-order valence-corrected chi connectivity index (χ4v) is 2.09. The van der Waals surface area contributed by atoms with Crippen molar-refractivity contribution in [1.29, 1.82) is 0 Å². The van der Waals surface area contributed by atoms with Crippen LogP contribution in [0, 0.1) is 11.6 Å². The Kier molecular flexibility index (Phi) is 5.71. The molecule has 2 nitrogen and oxygen atoms in total. The van der Waals surface area contributed by atoms with Crippen LogP contribution in [-0.4, -0.2) is 32.6 Å². The topological polar surface area (TPSA) is 15.3 Å². The summed E-state index contributed by atoms with van der Waals surface area (Å²) >= 11 is 1.65. The highest BCUT2D eigenvalue weighted by Gasteiger charge is 2.14. The molecule has 1 aromatic rings. The van der Waals surface area contributed by atoms with Crippen LogP contribution in [0.25, 0.3) is 0 Å². The van der Waals surface area contributed by atoms with Crippen LogP contribution in [-0.2, 0) is 6.54 Å². The summed E-state index contributed by atoms with van der Waals surface area (Å²) < 4.78 is 27.6. The van der Waals surface area contributed by atoms with Gasteiger partial charge in [0.15, 0.2) is 0 Å². The van der Waals surface area contributed by atoms with Crippen LogP contribution >= 0.6 is 11.8 Å². The number of rotatable bonds is 6. The average Bonchev–Trinajstić information content (AvgIpc) is 2.25. The molecule has 0 atom stereocenters. The first-order valence-corrected chi connectivity index (χ1v) is 6.82. The molecule has 0 bridgehead atoms. The predicted octanol–water partition coefficient (Wildman–Crippen LogP) is 2.48. The first kappa shape index (κ1) is 14.3. The number of halogens is 2. The minimum absolute atomic E-state index is 0.0545. The number of hydrogen-bond acceptors (Lipinski definition) is 3. The zero-order valence-electron chi connectivity index (χ0n) is 10.4. The molecular formula is C12H18F2N2S. The normalized spacial score (nSPS) is 10.6. The quantitative estimate of drug-likeness (QED) is 0.846. The first-order valence-electron chi connectivity index (χ1n) is 5.42. The highest BCUT2D eigenvalue weighted by molar-refractivity contribution is 7.98. The molecule has 0 saturated heterocycles. The molecule has 0 aliphatic rings. The molecule has 0 aliphatic carbocycles. The third kappa shape index (κ3) is 3.85. The SMILES string of the molecule is CNCc1cc(F)c(N(C)CCSC)c(F)c1. The van der Waals surface area contributed by atoms with Crippen LogP contribution < -0.4 is 10.2 Å². The van der Waals surface area contributed by atoms with Crippen molar-refractivity contribution in [3.05, 3.63) is 29.3 Å². The summed E-state index contributed by atoms with van der Waals surface area (Å²) in [5, 5.41) is 2.87. The van der Waals surface area contributed by atoms with Crippen LogP contribution in [0.1, 0.15) is 5.56 Å². The second kappa shape index (κ2) is 6.81. The van der Waals surface area contributed by atoms with Gasteiger partial charge >= 0.3 is 0 Å².